The van der Waals surface area contributed by atoms with Gasteiger partial charge in [0.2, 0.25) is 0 Å². The van der Waals surface area contributed by atoms with Crippen LogP contribution in [0, 0.1) is 0 Å². The number of fused-ring (bicyclic) bond motifs is 1. The van der Waals surface area contributed by atoms with Gasteiger partial charge in [-0.25, -0.2) is 4.31 Å². The van der Waals surface area contributed by atoms with Gasteiger partial charge in [-0.05, 0) is 54.4 Å². The van der Waals surface area contributed by atoms with E-state index in [4.69, 9.17) is 11.6 Å². The zero-order valence-corrected chi connectivity index (χ0v) is 15.8. The summed E-state index contributed by atoms with van der Waals surface area (Å²) in [6.07, 6.45) is -2.48. The third kappa shape index (κ3) is 4.20. The van der Waals surface area contributed by atoms with Gasteiger partial charge in [-0.15, -0.1) is 0 Å². The molecule has 1 saturated heterocycles. The second-order valence-electron chi connectivity index (χ2n) is 6.43. The first-order valence-corrected chi connectivity index (χ1v) is 9.66. The van der Waals surface area contributed by atoms with Gasteiger partial charge in [0.25, 0.3) is 0 Å². The maximum atomic E-state index is 13.0. The van der Waals surface area contributed by atoms with E-state index >= 15 is 0 Å². The third-order valence-corrected chi connectivity index (χ3v) is 5.88. The van der Waals surface area contributed by atoms with E-state index in [-0.39, 0.29) is 5.02 Å². The van der Waals surface area contributed by atoms with Gasteiger partial charge >= 0.3 is 6.18 Å². The van der Waals surface area contributed by atoms with Gasteiger partial charge in [-0.2, -0.15) is 13.2 Å². The van der Waals surface area contributed by atoms with Gasteiger partial charge in [-0.3, -0.25) is 0 Å². The molecule has 1 aromatic heterocycles. The minimum atomic E-state index is -4.39. The van der Waals surface area contributed by atoms with Gasteiger partial charge in [0.15, 0.2) is 0 Å². The number of nitrogens with zero attached hydrogens (tertiary/aromatic N) is 2. The van der Waals surface area contributed by atoms with Gasteiger partial charge < -0.3 is 9.88 Å². The molecule has 0 bridgehead atoms. The van der Waals surface area contributed by atoms with Crippen molar-refractivity contribution in [1.82, 2.24) is 9.29 Å². The summed E-state index contributed by atoms with van der Waals surface area (Å²) in [7, 11) is 0. The number of aromatic amines is 1. The smallest absolute Gasteiger partial charge is 0.369 e. The highest BCUT2D eigenvalue weighted by molar-refractivity contribution is 7.97. The van der Waals surface area contributed by atoms with E-state index < -0.39 is 11.7 Å². The fourth-order valence-corrected chi connectivity index (χ4v) is 4.38. The fraction of sp³-hybridized carbons (Fsp3) is 0.263. The first-order chi connectivity index (χ1) is 12.9. The van der Waals surface area contributed by atoms with Crippen LogP contribution in [-0.2, 0) is 6.18 Å². The van der Waals surface area contributed by atoms with Crippen molar-refractivity contribution in [2.24, 2.45) is 0 Å². The summed E-state index contributed by atoms with van der Waals surface area (Å²) in [6, 6.07) is 12.0. The van der Waals surface area contributed by atoms with Gasteiger partial charge in [-0.1, -0.05) is 11.6 Å². The van der Waals surface area contributed by atoms with Crippen LogP contribution in [0.1, 0.15) is 5.56 Å². The lowest BCUT2D eigenvalue weighted by atomic mass is 10.1. The first-order valence-electron chi connectivity index (χ1n) is 8.51. The number of anilines is 1. The molecular formula is C19H17ClF3N3S. The van der Waals surface area contributed by atoms with E-state index in [0.717, 1.165) is 35.0 Å². The highest BCUT2D eigenvalue weighted by Gasteiger charge is 2.32. The Hall–Kier alpha value is -1.83. The molecule has 0 saturated carbocycles. The van der Waals surface area contributed by atoms with E-state index in [1.165, 1.54) is 6.07 Å². The molecule has 0 unspecified atom stereocenters. The first kappa shape index (κ1) is 18.5. The predicted octanol–water partition coefficient (Wildman–Crippen LogP) is 5.67. The third-order valence-electron chi connectivity index (χ3n) is 4.57. The molecule has 2 heterocycles. The lowest BCUT2D eigenvalue weighted by molar-refractivity contribution is -0.137. The minimum Gasteiger partial charge on any atom is -0.369 e. The topological polar surface area (TPSA) is 22.3 Å². The molecular weight excluding hydrogens is 395 g/mol. The summed E-state index contributed by atoms with van der Waals surface area (Å²) in [6.45, 7) is 2.81. The Bertz CT molecular complexity index is 949. The van der Waals surface area contributed by atoms with Crippen LogP contribution < -0.4 is 4.90 Å². The Morgan fingerprint density at radius 2 is 1.74 bits per heavy atom. The standard InChI is InChI=1S/C19H17ClF3N3S/c20-15-10-14(19(21,22)23)11-16(12-15)25-5-7-26(8-6-25)27-17-1-2-18-13(9-17)3-4-24-18/h1-4,9-12,24H,5-8H2. The summed E-state index contributed by atoms with van der Waals surface area (Å²) in [5, 5.41) is 1.27. The number of nitrogens with one attached hydrogen (secondary N) is 1. The molecule has 142 valence electrons. The minimum absolute atomic E-state index is 0.108. The number of H-pyrrole nitrogens is 1. The Morgan fingerprint density at radius 3 is 2.48 bits per heavy atom. The van der Waals surface area contributed by atoms with Crippen LogP contribution in [-0.4, -0.2) is 35.5 Å². The number of benzene rings is 2. The normalized spacial score (nSPS) is 16.2. The van der Waals surface area contributed by atoms with Crippen molar-refractivity contribution < 1.29 is 13.2 Å². The molecule has 2 aromatic carbocycles. The van der Waals surface area contributed by atoms with Crippen LogP contribution in [0.2, 0.25) is 5.02 Å². The number of aromatic nitrogens is 1. The number of hydrogen-bond donors (Lipinski definition) is 1. The van der Waals surface area contributed by atoms with Crippen LogP contribution in [0.25, 0.3) is 10.9 Å². The maximum absolute atomic E-state index is 13.0. The lowest BCUT2D eigenvalue weighted by Gasteiger charge is -2.35. The molecule has 0 amide bonds. The zero-order valence-electron chi connectivity index (χ0n) is 14.3. The lowest BCUT2D eigenvalue weighted by Crippen LogP contribution is -2.43. The summed E-state index contributed by atoms with van der Waals surface area (Å²) < 4.78 is 41.3. The Balaban J connectivity index is 1.42. The van der Waals surface area contributed by atoms with Gasteiger partial charge in [0, 0.05) is 58.9 Å². The molecule has 4 rings (SSSR count). The predicted molar refractivity (Wildman–Crippen MR) is 104 cm³/mol. The highest BCUT2D eigenvalue weighted by Crippen LogP contribution is 2.35. The molecule has 0 spiro atoms. The second kappa shape index (κ2) is 7.30. The summed E-state index contributed by atoms with van der Waals surface area (Å²) in [4.78, 5) is 6.28. The molecule has 8 heteroatoms. The average molecular weight is 412 g/mol. The number of piperazine rings is 1. The van der Waals surface area contributed by atoms with Crippen LogP contribution in [0.5, 0.6) is 0 Å². The van der Waals surface area contributed by atoms with Gasteiger partial charge in [0.05, 0.1) is 5.56 Å². The molecule has 27 heavy (non-hydrogen) atoms. The Kier molecular flexibility index (Phi) is 5.01. The van der Waals surface area contributed by atoms with E-state index in [1.807, 2.05) is 17.2 Å². The zero-order chi connectivity index (χ0) is 19.0. The number of alkyl halides is 3. The van der Waals surface area contributed by atoms with Crippen molar-refractivity contribution in [3.05, 3.63) is 59.2 Å². The van der Waals surface area contributed by atoms with Crippen molar-refractivity contribution in [1.29, 1.82) is 0 Å². The quantitative estimate of drug-likeness (QED) is 0.561. The Morgan fingerprint density at radius 1 is 0.963 bits per heavy atom. The van der Waals surface area contributed by atoms with E-state index in [2.05, 4.69) is 27.5 Å². The molecule has 1 N–H and O–H groups in total. The van der Waals surface area contributed by atoms with Crippen molar-refractivity contribution in [2.75, 3.05) is 31.1 Å². The number of hydrogen-bond acceptors (Lipinski definition) is 3. The Labute approximate surface area is 164 Å². The highest BCUT2D eigenvalue weighted by atomic mass is 35.5. The monoisotopic (exact) mass is 411 g/mol. The largest absolute Gasteiger partial charge is 0.416 e. The average Bonchev–Trinajstić information content (AvgIpc) is 3.09. The summed E-state index contributed by atoms with van der Waals surface area (Å²) in [5.74, 6) is 0. The van der Waals surface area contributed by atoms with Crippen LogP contribution in [0.3, 0.4) is 0 Å². The molecule has 1 aliphatic heterocycles. The summed E-state index contributed by atoms with van der Waals surface area (Å²) in [5.41, 5.74) is 0.917. The fourth-order valence-electron chi connectivity index (χ4n) is 3.20. The molecule has 1 aliphatic rings. The molecule has 3 nitrogen and oxygen atoms in total. The molecule has 0 atom stereocenters. The van der Waals surface area contributed by atoms with E-state index in [1.54, 1.807) is 18.0 Å². The molecule has 0 radical (unpaired) electrons. The van der Waals surface area contributed by atoms with Crippen molar-refractivity contribution in [2.45, 2.75) is 11.1 Å². The van der Waals surface area contributed by atoms with Crippen molar-refractivity contribution >= 4 is 40.1 Å². The van der Waals surface area contributed by atoms with Gasteiger partial charge in [0.1, 0.15) is 0 Å². The molecule has 3 aromatic rings. The maximum Gasteiger partial charge on any atom is 0.416 e. The van der Waals surface area contributed by atoms with E-state index in [0.29, 0.717) is 18.8 Å². The number of halogens is 4. The van der Waals surface area contributed by atoms with Crippen molar-refractivity contribution in [3.63, 3.8) is 0 Å². The van der Waals surface area contributed by atoms with E-state index in [9.17, 15) is 13.2 Å². The number of rotatable bonds is 3. The SMILES string of the molecule is FC(F)(F)c1cc(Cl)cc(N2CCN(Sc3ccc4[nH]ccc4c3)CC2)c1. The van der Waals surface area contributed by atoms with Crippen LogP contribution >= 0.6 is 23.5 Å². The van der Waals surface area contributed by atoms with Crippen LogP contribution in [0.15, 0.2) is 53.6 Å². The second-order valence-corrected chi connectivity index (χ2v) is 8.04. The molecule has 0 aliphatic carbocycles. The van der Waals surface area contributed by atoms with Crippen LogP contribution in [0.4, 0.5) is 18.9 Å². The molecule has 1 fully saturated rings. The summed E-state index contributed by atoms with van der Waals surface area (Å²) >= 11 is 7.58. The van der Waals surface area contributed by atoms with Crippen molar-refractivity contribution in [3.8, 4) is 0 Å².